The van der Waals surface area contributed by atoms with Crippen LogP contribution in [0, 0.1) is 5.92 Å². The molecule has 104 valence electrons. The van der Waals surface area contributed by atoms with Crippen molar-refractivity contribution in [3.05, 3.63) is 71.8 Å². The number of hydrogen-bond acceptors (Lipinski definition) is 1. The fourth-order valence-electron chi connectivity index (χ4n) is 3.16. The third-order valence-electron chi connectivity index (χ3n) is 4.30. The molecular formula is C19H23N. The summed E-state index contributed by atoms with van der Waals surface area (Å²) in [5.74, 6) is 0.841. The molecular weight excluding hydrogens is 242 g/mol. The first-order valence-electron chi connectivity index (χ1n) is 7.70. The first-order chi connectivity index (χ1) is 9.90. The fourth-order valence-corrected chi connectivity index (χ4v) is 3.16. The molecule has 2 aromatic carbocycles. The zero-order valence-electron chi connectivity index (χ0n) is 12.0. The molecule has 1 unspecified atom stereocenters. The third-order valence-corrected chi connectivity index (χ3v) is 4.30. The molecule has 1 aliphatic rings. The van der Waals surface area contributed by atoms with E-state index in [9.17, 15) is 0 Å². The number of hydrogen-bond donors (Lipinski definition) is 0. The predicted octanol–water partition coefficient (Wildman–Crippen LogP) is 3.79. The smallest absolute Gasteiger partial charge is 0.00219 e. The Morgan fingerprint density at radius 3 is 2.20 bits per heavy atom. The normalized spacial score (nSPS) is 19.3. The Kier molecular flexibility index (Phi) is 4.49. The molecule has 0 radical (unpaired) electrons. The summed E-state index contributed by atoms with van der Waals surface area (Å²) in [6, 6.07) is 21.7. The Morgan fingerprint density at radius 2 is 1.50 bits per heavy atom. The molecule has 1 aliphatic heterocycles. The highest BCUT2D eigenvalue weighted by Crippen LogP contribution is 2.21. The van der Waals surface area contributed by atoms with Gasteiger partial charge in [0.2, 0.25) is 0 Å². The van der Waals surface area contributed by atoms with Crippen molar-refractivity contribution in [2.45, 2.75) is 19.3 Å². The van der Waals surface area contributed by atoms with Gasteiger partial charge in [0.05, 0.1) is 0 Å². The van der Waals surface area contributed by atoms with Crippen LogP contribution in [-0.2, 0) is 12.8 Å². The number of benzene rings is 2. The van der Waals surface area contributed by atoms with Crippen molar-refractivity contribution in [1.82, 2.24) is 4.90 Å². The van der Waals surface area contributed by atoms with Crippen LogP contribution in [0.2, 0.25) is 0 Å². The van der Waals surface area contributed by atoms with Crippen LogP contribution in [0.15, 0.2) is 60.7 Å². The average Bonchev–Trinajstić information content (AvgIpc) is 2.95. The summed E-state index contributed by atoms with van der Waals surface area (Å²) in [4.78, 5) is 2.63. The van der Waals surface area contributed by atoms with E-state index in [1.165, 1.54) is 50.0 Å². The number of nitrogens with zero attached hydrogens (tertiary/aromatic N) is 1. The van der Waals surface area contributed by atoms with Crippen LogP contribution in [0.1, 0.15) is 17.5 Å². The summed E-state index contributed by atoms with van der Waals surface area (Å²) in [7, 11) is 0. The summed E-state index contributed by atoms with van der Waals surface area (Å²) < 4.78 is 0. The molecule has 2 aromatic rings. The van der Waals surface area contributed by atoms with Crippen LogP contribution < -0.4 is 0 Å². The van der Waals surface area contributed by atoms with Gasteiger partial charge in [-0.25, -0.2) is 0 Å². The summed E-state index contributed by atoms with van der Waals surface area (Å²) >= 11 is 0. The van der Waals surface area contributed by atoms with Crippen LogP contribution in [0.5, 0.6) is 0 Å². The van der Waals surface area contributed by atoms with Crippen LogP contribution >= 0.6 is 0 Å². The maximum Gasteiger partial charge on any atom is 0.00219 e. The molecule has 0 aliphatic carbocycles. The van der Waals surface area contributed by atoms with E-state index in [2.05, 4.69) is 65.6 Å². The van der Waals surface area contributed by atoms with E-state index >= 15 is 0 Å². The van der Waals surface area contributed by atoms with Crippen LogP contribution in [0.3, 0.4) is 0 Å². The highest BCUT2D eigenvalue weighted by Gasteiger charge is 2.21. The van der Waals surface area contributed by atoms with Gasteiger partial charge in [0, 0.05) is 13.1 Å². The molecule has 1 atom stereocenters. The topological polar surface area (TPSA) is 3.24 Å². The largest absolute Gasteiger partial charge is 0.303 e. The lowest BCUT2D eigenvalue weighted by Crippen LogP contribution is -2.23. The van der Waals surface area contributed by atoms with Crippen molar-refractivity contribution in [3.63, 3.8) is 0 Å². The second-order valence-electron chi connectivity index (χ2n) is 5.88. The predicted molar refractivity (Wildman–Crippen MR) is 84.8 cm³/mol. The second kappa shape index (κ2) is 6.71. The van der Waals surface area contributed by atoms with Crippen molar-refractivity contribution in [2.24, 2.45) is 5.92 Å². The quantitative estimate of drug-likeness (QED) is 0.795. The molecule has 1 saturated heterocycles. The van der Waals surface area contributed by atoms with Gasteiger partial charge in [0.15, 0.2) is 0 Å². The molecule has 0 N–H and O–H groups in total. The fraction of sp³-hybridized carbons (Fsp3) is 0.368. The average molecular weight is 265 g/mol. The monoisotopic (exact) mass is 265 g/mol. The highest BCUT2D eigenvalue weighted by molar-refractivity contribution is 5.16. The maximum absolute atomic E-state index is 2.63. The molecule has 0 spiro atoms. The zero-order chi connectivity index (χ0) is 13.6. The minimum atomic E-state index is 0.841. The molecule has 0 aromatic heterocycles. The van der Waals surface area contributed by atoms with Gasteiger partial charge >= 0.3 is 0 Å². The van der Waals surface area contributed by atoms with Gasteiger partial charge in [-0.05, 0) is 42.9 Å². The summed E-state index contributed by atoms with van der Waals surface area (Å²) in [6.45, 7) is 3.74. The van der Waals surface area contributed by atoms with Crippen molar-refractivity contribution >= 4 is 0 Å². The van der Waals surface area contributed by atoms with Crippen molar-refractivity contribution in [1.29, 1.82) is 0 Å². The third kappa shape index (κ3) is 3.71. The van der Waals surface area contributed by atoms with E-state index in [0.29, 0.717) is 0 Å². The molecule has 3 rings (SSSR count). The Bertz CT molecular complexity index is 506. The van der Waals surface area contributed by atoms with Gasteiger partial charge in [-0.1, -0.05) is 60.7 Å². The Morgan fingerprint density at radius 1 is 0.850 bits per heavy atom. The van der Waals surface area contributed by atoms with E-state index in [1.54, 1.807) is 0 Å². The van der Waals surface area contributed by atoms with Crippen LogP contribution in [-0.4, -0.2) is 24.5 Å². The summed E-state index contributed by atoms with van der Waals surface area (Å²) in [6.07, 6.45) is 3.77. The van der Waals surface area contributed by atoms with Gasteiger partial charge in [-0.2, -0.15) is 0 Å². The number of likely N-dealkylation sites (tertiary alicyclic amines) is 1. The highest BCUT2D eigenvalue weighted by atomic mass is 15.1. The molecule has 20 heavy (non-hydrogen) atoms. The van der Waals surface area contributed by atoms with Gasteiger partial charge in [-0.15, -0.1) is 0 Å². The summed E-state index contributed by atoms with van der Waals surface area (Å²) in [5, 5.41) is 0. The molecule has 1 heterocycles. The minimum Gasteiger partial charge on any atom is -0.303 e. The second-order valence-corrected chi connectivity index (χ2v) is 5.88. The first-order valence-corrected chi connectivity index (χ1v) is 7.70. The van der Waals surface area contributed by atoms with E-state index in [1.807, 2.05) is 0 Å². The molecule has 1 fully saturated rings. The Balaban J connectivity index is 1.45. The van der Waals surface area contributed by atoms with E-state index in [0.717, 1.165) is 5.92 Å². The lowest BCUT2D eigenvalue weighted by Gasteiger charge is -2.16. The van der Waals surface area contributed by atoms with Gasteiger partial charge in [-0.3, -0.25) is 0 Å². The molecule has 0 saturated carbocycles. The zero-order valence-corrected chi connectivity index (χ0v) is 12.0. The van der Waals surface area contributed by atoms with E-state index < -0.39 is 0 Å². The molecule has 1 nitrogen and oxygen atoms in total. The molecule has 0 bridgehead atoms. The molecule has 1 heteroatoms. The van der Waals surface area contributed by atoms with Crippen molar-refractivity contribution in [2.75, 3.05) is 19.6 Å². The van der Waals surface area contributed by atoms with Crippen molar-refractivity contribution < 1.29 is 0 Å². The van der Waals surface area contributed by atoms with Gasteiger partial charge in [0.1, 0.15) is 0 Å². The lowest BCUT2D eigenvalue weighted by molar-refractivity contribution is 0.328. The summed E-state index contributed by atoms with van der Waals surface area (Å²) in [5.41, 5.74) is 2.95. The van der Waals surface area contributed by atoms with E-state index in [4.69, 9.17) is 0 Å². The minimum absolute atomic E-state index is 0.841. The Hall–Kier alpha value is -1.60. The standard InChI is InChI=1S/C19H23N/c1-3-7-17(8-4-1)11-13-20-14-12-19(16-20)15-18-9-5-2-6-10-18/h1-10,19H,11-16H2. The van der Waals surface area contributed by atoms with Crippen molar-refractivity contribution in [3.8, 4) is 0 Å². The number of rotatable bonds is 5. The van der Waals surface area contributed by atoms with Crippen LogP contribution in [0.25, 0.3) is 0 Å². The lowest BCUT2D eigenvalue weighted by atomic mass is 9.99. The van der Waals surface area contributed by atoms with E-state index in [-0.39, 0.29) is 0 Å². The van der Waals surface area contributed by atoms with Gasteiger partial charge in [0.25, 0.3) is 0 Å². The van der Waals surface area contributed by atoms with Gasteiger partial charge < -0.3 is 4.90 Å². The maximum atomic E-state index is 2.63. The Labute approximate surface area is 122 Å². The SMILES string of the molecule is c1ccc(CCN2CCC(Cc3ccccc3)C2)cc1. The molecule has 0 amide bonds. The van der Waals surface area contributed by atoms with Crippen LogP contribution in [0.4, 0.5) is 0 Å². The first kappa shape index (κ1) is 13.4.